The van der Waals surface area contributed by atoms with Crippen LogP contribution in [-0.4, -0.2) is 15.3 Å². The van der Waals surface area contributed by atoms with Gasteiger partial charge < -0.3 is 14.5 Å². The molecule has 8 heteroatoms. The van der Waals surface area contributed by atoms with E-state index in [1.807, 2.05) is 28.8 Å². The summed E-state index contributed by atoms with van der Waals surface area (Å²) in [6.45, 7) is 0.103. The van der Waals surface area contributed by atoms with E-state index in [1.54, 1.807) is 24.4 Å². The molecular weight excluding hydrogens is 383 g/mol. The number of hydrogen-bond acceptors (Lipinski definition) is 3. The van der Waals surface area contributed by atoms with Crippen molar-refractivity contribution in [2.75, 3.05) is 5.32 Å². The van der Waals surface area contributed by atoms with Crippen LogP contribution in [0.2, 0.25) is 0 Å². The van der Waals surface area contributed by atoms with Crippen molar-refractivity contribution in [3.05, 3.63) is 95.7 Å². The third kappa shape index (κ3) is 3.77. The molecule has 4 aromatic rings. The number of aromatic nitrogens is 2. The predicted octanol–water partition coefficient (Wildman–Crippen LogP) is 4.58. The second-order valence-electron chi connectivity index (χ2n) is 6.16. The number of rotatable bonds is 5. The maximum atomic E-state index is 13.8. The van der Waals surface area contributed by atoms with Gasteiger partial charge in [0.05, 0.1) is 16.9 Å². The summed E-state index contributed by atoms with van der Waals surface area (Å²) in [5, 5.41) is 2.23. The Morgan fingerprint density at radius 2 is 1.79 bits per heavy atom. The number of anilines is 1. The lowest BCUT2D eigenvalue weighted by Crippen LogP contribution is -2.15. The normalized spacial score (nSPS) is 10.9. The second kappa shape index (κ2) is 7.67. The molecule has 0 aliphatic rings. The van der Waals surface area contributed by atoms with Gasteiger partial charge in [0.1, 0.15) is 18.0 Å². The molecule has 0 atom stereocenters. The van der Waals surface area contributed by atoms with Crippen LogP contribution >= 0.6 is 0 Å². The smallest absolute Gasteiger partial charge is 0.259 e. The zero-order chi connectivity index (χ0) is 20.4. The van der Waals surface area contributed by atoms with Crippen molar-refractivity contribution in [1.29, 1.82) is 0 Å². The SMILES string of the molecule is O=C(Nc1ccc(F)c(F)c1F)c1ccccc1OCc1cn2ccccc2n1. The first-order valence-corrected chi connectivity index (χ1v) is 8.62. The van der Waals surface area contributed by atoms with Crippen LogP contribution in [0.5, 0.6) is 5.75 Å². The van der Waals surface area contributed by atoms with Crippen molar-refractivity contribution < 1.29 is 22.7 Å². The number of imidazole rings is 1. The lowest BCUT2D eigenvalue weighted by atomic mass is 10.1. The largest absolute Gasteiger partial charge is 0.486 e. The van der Waals surface area contributed by atoms with Crippen LogP contribution in [0.25, 0.3) is 5.65 Å². The van der Waals surface area contributed by atoms with Crippen molar-refractivity contribution in [2.24, 2.45) is 0 Å². The van der Waals surface area contributed by atoms with E-state index < -0.39 is 29.0 Å². The molecule has 0 aliphatic heterocycles. The third-order valence-corrected chi connectivity index (χ3v) is 4.20. The molecule has 29 heavy (non-hydrogen) atoms. The lowest BCUT2D eigenvalue weighted by Gasteiger charge is -2.11. The number of amides is 1. The van der Waals surface area contributed by atoms with Crippen LogP contribution in [0.4, 0.5) is 18.9 Å². The molecule has 2 heterocycles. The zero-order valence-corrected chi connectivity index (χ0v) is 14.9. The Morgan fingerprint density at radius 3 is 2.62 bits per heavy atom. The van der Waals surface area contributed by atoms with Crippen molar-refractivity contribution in [2.45, 2.75) is 6.61 Å². The molecule has 0 fully saturated rings. The molecular formula is C21H14F3N3O2. The van der Waals surface area contributed by atoms with Gasteiger partial charge in [-0.15, -0.1) is 0 Å². The Labute approximate surface area is 163 Å². The molecule has 0 unspecified atom stereocenters. The molecule has 0 saturated heterocycles. The van der Waals surface area contributed by atoms with Crippen molar-refractivity contribution in [3.8, 4) is 5.75 Å². The maximum absolute atomic E-state index is 13.8. The molecule has 2 aromatic heterocycles. The van der Waals surface area contributed by atoms with Gasteiger partial charge in [-0.1, -0.05) is 18.2 Å². The number of fused-ring (bicyclic) bond motifs is 1. The number of benzene rings is 2. The first-order chi connectivity index (χ1) is 14.0. The topological polar surface area (TPSA) is 55.6 Å². The molecule has 0 saturated carbocycles. The van der Waals surface area contributed by atoms with Gasteiger partial charge in [0.25, 0.3) is 5.91 Å². The minimum absolute atomic E-state index is 0.103. The van der Waals surface area contributed by atoms with E-state index in [4.69, 9.17) is 4.74 Å². The van der Waals surface area contributed by atoms with Gasteiger partial charge in [-0.2, -0.15) is 0 Å². The summed E-state index contributed by atoms with van der Waals surface area (Å²) in [5.74, 6) is -4.94. The average Bonchev–Trinajstić information content (AvgIpc) is 3.16. The molecule has 0 spiro atoms. The van der Waals surface area contributed by atoms with Crippen molar-refractivity contribution >= 4 is 17.2 Å². The Balaban J connectivity index is 1.53. The number of carbonyl (C=O) groups is 1. The maximum Gasteiger partial charge on any atom is 0.259 e. The van der Waals surface area contributed by atoms with E-state index in [-0.39, 0.29) is 17.9 Å². The van der Waals surface area contributed by atoms with Gasteiger partial charge in [0, 0.05) is 12.4 Å². The van der Waals surface area contributed by atoms with Gasteiger partial charge in [-0.3, -0.25) is 4.79 Å². The summed E-state index contributed by atoms with van der Waals surface area (Å²) in [6, 6.07) is 13.6. The molecule has 0 bridgehead atoms. The van der Waals surface area contributed by atoms with Gasteiger partial charge in [0.2, 0.25) is 0 Å². The molecule has 0 aliphatic carbocycles. The van der Waals surface area contributed by atoms with Crippen molar-refractivity contribution in [3.63, 3.8) is 0 Å². The Morgan fingerprint density at radius 1 is 1.00 bits per heavy atom. The lowest BCUT2D eigenvalue weighted by molar-refractivity contribution is 0.102. The number of halogens is 3. The van der Waals surface area contributed by atoms with Gasteiger partial charge in [-0.05, 0) is 36.4 Å². The highest BCUT2D eigenvalue weighted by Crippen LogP contribution is 2.24. The van der Waals surface area contributed by atoms with E-state index in [0.29, 0.717) is 5.69 Å². The highest BCUT2D eigenvalue weighted by atomic mass is 19.2. The fraction of sp³-hybridized carbons (Fsp3) is 0.0476. The van der Waals surface area contributed by atoms with Crippen LogP contribution in [0.1, 0.15) is 16.1 Å². The average molecular weight is 397 g/mol. The summed E-state index contributed by atoms with van der Waals surface area (Å²) in [7, 11) is 0. The van der Waals surface area contributed by atoms with Crippen molar-refractivity contribution in [1.82, 2.24) is 9.38 Å². The molecule has 1 N–H and O–H groups in total. The number of nitrogens with zero attached hydrogens (tertiary/aromatic N) is 2. The van der Waals surface area contributed by atoms with Gasteiger partial charge >= 0.3 is 0 Å². The number of nitrogens with one attached hydrogen (secondary N) is 1. The Kier molecular flexibility index (Phi) is 4.90. The predicted molar refractivity (Wildman–Crippen MR) is 100 cm³/mol. The number of ether oxygens (including phenoxy) is 1. The first kappa shape index (κ1) is 18.5. The summed E-state index contributed by atoms with van der Waals surface area (Å²) < 4.78 is 47.8. The summed E-state index contributed by atoms with van der Waals surface area (Å²) in [4.78, 5) is 17.0. The van der Waals surface area contributed by atoms with E-state index >= 15 is 0 Å². The second-order valence-corrected chi connectivity index (χ2v) is 6.16. The Bertz CT molecular complexity index is 1170. The fourth-order valence-electron chi connectivity index (χ4n) is 2.80. The first-order valence-electron chi connectivity index (χ1n) is 8.62. The summed E-state index contributed by atoms with van der Waals surface area (Å²) in [5.41, 5.74) is 1.05. The van der Waals surface area contributed by atoms with Crippen LogP contribution in [0.15, 0.2) is 67.0 Å². The highest BCUT2D eigenvalue weighted by Gasteiger charge is 2.18. The number of para-hydroxylation sites is 1. The summed E-state index contributed by atoms with van der Waals surface area (Å²) >= 11 is 0. The minimum Gasteiger partial charge on any atom is -0.486 e. The van der Waals surface area contributed by atoms with Crippen LogP contribution in [0, 0.1) is 17.5 Å². The monoisotopic (exact) mass is 397 g/mol. The third-order valence-electron chi connectivity index (χ3n) is 4.20. The quantitative estimate of drug-likeness (QED) is 0.502. The van der Waals surface area contributed by atoms with Gasteiger partial charge in [-0.25, -0.2) is 18.2 Å². The molecule has 5 nitrogen and oxygen atoms in total. The molecule has 146 valence electrons. The number of carbonyl (C=O) groups excluding carboxylic acids is 1. The van der Waals surface area contributed by atoms with Crippen LogP contribution in [-0.2, 0) is 6.61 Å². The number of pyridine rings is 1. The highest BCUT2D eigenvalue weighted by molar-refractivity contribution is 6.06. The van der Waals surface area contributed by atoms with Crippen LogP contribution in [0.3, 0.4) is 0 Å². The number of hydrogen-bond donors (Lipinski definition) is 1. The van der Waals surface area contributed by atoms with E-state index in [9.17, 15) is 18.0 Å². The molecule has 0 radical (unpaired) electrons. The summed E-state index contributed by atoms with van der Waals surface area (Å²) in [6.07, 6.45) is 3.65. The fourth-order valence-corrected chi connectivity index (χ4v) is 2.80. The van der Waals surface area contributed by atoms with E-state index in [1.165, 1.54) is 6.07 Å². The zero-order valence-electron chi connectivity index (χ0n) is 14.9. The standard InChI is InChI=1S/C21H14F3N3O2/c22-15-8-9-16(20(24)19(15)23)26-21(28)14-5-1-2-6-17(14)29-12-13-11-27-10-4-3-7-18(27)25-13/h1-11H,12H2,(H,26,28). The van der Waals surface area contributed by atoms with E-state index in [2.05, 4.69) is 10.3 Å². The Hall–Kier alpha value is -3.81. The molecule has 1 amide bonds. The molecule has 2 aromatic carbocycles. The molecule has 4 rings (SSSR count). The minimum atomic E-state index is -1.65. The van der Waals surface area contributed by atoms with Crippen LogP contribution < -0.4 is 10.1 Å². The van der Waals surface area contributed by atoms with E-state index in [0.717, 1.165) is 17.8 Å². The van der Waals surface area contributed by atoms with Gasteiger partial charge in [0.15, 0.2) is 17.5 Å².